The first kappa shape index (κ1) is 23.8. The Bertz CT molecular complexity index is 1450. The number of aliphatic hydroxyl groups is 1. The van der Waals surface area contributed by atoms with Crippen LogP contribution in [0.25, 0.3) is 5.76 Å². The van der Waals surface area contributed by atoms with Gasteiger partial charge >= 0.3 is 0 Å². The number of benzene rings is 3. The van der Waals surface area contributed by atoms with Gasteiger partial charge in [0, 0.05) is 18.1 Å². The lowest BCUT2D eigenvalue weighted by molar-refractivity contribution is -0.132. The van der Waals surface area contributed by atoms with Gasteiger partial charge in [-0.25, -0.2) is 0 Å². The Morgan fingerprint density at radius 1 is 0.919 bits per heavy atom. The van der Waals surface area contributed by atoms with Crippen molar-refractivity contribution in [1.29, 1.82) is 0 Å². The van der Waals surface area contributed by atoms with Crippen molar-refractivity contribution in [2.75, 3.05) is 12.0 Å². The SMILES string of the molecule is COc1ccccc1/C(O)=C1/C(=O)C(=O)N(c2ccc(OCc3ccccc3)cc2)C1c1cccnc1. The summed E-state index contributed by atoms with van der Waals surface area (Å²) < 4.78 is 11.2. The van der Waals surface area contributed by atoms with Crippen LogP contribution in [0.15, 0.2) is 109 Å². The molecule has 0 aliphatic carbocycles. The molecule has 1 unspecified atom stereocenters. The Morgan fingerprint density at radius 2 is 1.65 bits per heavy atom. The number of ether oxygens (including phenoxy) is 2. The zero-order chi connectivity index (χ0) is 25.8. The van der Waals surface area contributed by atoms with Crippen molar-refractivity contribution in [1.82, 2.24) is 4.98 Å². The number of carbonyl (C=O) groups is 2. The van der Waals surface area contributed by atoms with Gasteiger partial charge in [-0.05, 0) is 53.6 Å². The average molecular weight is 493 g/mol. The molecule has 1 saturated heterocycles. The summed E-state index contributed by atoms with van der Waals surface area (Å²) in [7, 11) is 1.48. The maximum atomic E-state index is 13.3. The number of para-hydroxylation sites is 1. The van der Waals surface area contributed by atoms with Gasteiger partial charge in [-0.1, -0.05) is 48.5 Å². The highest BCUT2D eigenvalue weighted by molar-refractivity contribution is 6.51. The number of pyridine rings is 1. The maximum absolute atomic E-state index is 13.3. The Hall–Kier alpha value is -4.91. The van der Waals surface area contributed by atoms with Gasteiger partial charge in [-0.3, -0.25) is 19.5 Å². The summed E-state index contributed by atoms with van der Waals surface area (Å²) in [4.78, 5) is 32.2. The summed E-state index contributed by atoms with van der Waals surface area (Å²) in [6, 6.07) is 26.1. The van der Waals surface area contributed by atoms with E-state index in [9.17, 15) is 14.7 Å². The number of rotatable bonds is 7. The fourth-order valence-electron chi connectivity index (χ4n) is 4.38. The molecule has 1 atom stereocenters. The first-order chi connectivity index (χ1) is 18.1. The van der Waals surface area contributed by atoms with E-state index in [4.69, 9.17) is 9.47 Å². The topological polar surface area (TPSA) is 89.0 Å². The smallest absolute Gasteiger partial charge is 0.300 e. The third-order valence-corrected chi connectivity index (χ3v) is 6.17. The van der Waals surface area contributed by atoms with Gasteiger partial charge in [-0.15, -0.1) is 0 Å². The summed E-state index contributed by atoms with van der Waals surface area (Å²) >= 11 is 0. The molecular formula is C30H24N2O5. The third kappa shape index (κ3) is 4.67. The lowest BCUT2D eigenvalue weighted by atomic mass is 9.96. The zero-order valence-corrected chi connectivity index (χ0v) is 20.1. The highest BCUT2D eigenvalue weighted by atomic mass is 16.5. The van der Waals surface area contributed by atoms with E-state index in [0.29, 0.717) is 34.9 Å². The van der Waals surface area contributed by atoms with Crippen molar-refractivity contribution in [2.24, 2.45) is 0 Å². The van der Waals surface area contributed by atoms with Crippen molar-refractivity contribution in [2.45, 2.75) is 12.6 Å². The monoisotopic (exact) mass is 492 g/mol. The fourth-order valence-corrected chi connectivity index (χ4v) is 4.38. The van der Waals surface area contributed by atoms with Crippen molar-refractivity contribution in [3.05, 3.63) is 126 Å². The van der Waals surface area contributed by atoms with E-state index in [-0.39, 0.29) is 11.3 Å². The van der Waals surface area contributed by atoms with E-state index in [1.807, 2.05) is 30.3 Å². The van der Waals surface area contributed by atoms with Crippen molar-refractivity contribution in [3.8, 4) is 11.5 Å². The molecule has 1 aliphatic rings. The van der Waals surface area contributed by atoms with Crippen LogP contribution in [0, 0.1) is 0 Å². The molecule has 1 amide bonds. The molecule has 2 heterocycles. The van der Waals surface area contributed by atoms with Crippen LogP contribution >= 0.6 is 0 Å². The van der Waals surface area contributed by atoms with E-state index >= 15 is 0 Å². The van der Waals surface area contributed by atoms with Crippen molar-refractivity contribution < 1.29 is 24.2 Å². The molecule has 7 nitrogen and oxygen atoms in total. The number of hydrogen-bond acceptors (Lipinski definition) is 6. The first-order valence-electron chi connectivity index (χ1n) is 11.7. The minimum Gasteiger partial charge on any atom is -0.507 e. The summed E-state index contributed by atoms with van der Waals surface area (Å²) in [5.74, 6) is -0.841. The molecule has 1 aromatic heterocycles. The lowest BCUT2D eigenvalue weighted by Crippen LogP contribution is -2.29. The van der Waals surface area contributed by atoms with E-state index in [1.54, 1.807) is 73.1 Å². The lowest BCUT2D eigenvalue weighted by Gasteiger charge is -2.25. The van der Waals surface area contributed by atoms with Crippen LogP contribution in [0.3, 0.4) is 0 Å². The zero-order valence-electron chi connectivity index (χ0n) is 20.1. The molecule has 3 aromatic carbocycles. The van der Waals surface area contributed by atoms with Crippen LogP contribution in [0.4, 0.5) is 5.69 Å². The van der Waals surface area contributed by atoms with Gasteiger partial charge in [-0.2, -0.15) is 0 Å². The predicted octanol–water partition coefficient (Wildman–Crippen LogP) is 5.30. The minimum absolute atomic E-state index is 0.0353. The molecule has 37 heavy (non-hydrogen) atoms. The van der Waals surface area contributed by atoms with Crippen LogP contribution in [0.2, 0.25) is 0 Å². The molecule has 0 radical (unpaired) electrons. The number of nitrogens with zero attached hydrogens (tertiary/aromatic N) is 2. The van der Waals surface area contributed by atoms with Crippen LogP contribution in [-0.4, -0.2) is 28.9 Å². The van der Waals surface area contributed by atoms with Gasteiger partial charge in [0.15, 0.2) is 0 Å². The molecule has 1 N–H and O–H groups in total. The Morgan fingerprint density at radius 3 is 2.35 bits per heavy atom. The number of aliphatic hydroxyl groups excluding tert-OH is 1. The second-order valence-electron chi connectivity index (χ2n) is 8.42. The summed E-state index contributed by atoms with van der Waals surface area (Å²) in [6.45, 7) is 0.402. The molecule has 7 heteroatoms. The van der Waals surface area contributed by atoms with Gasteiger partial charge in [0.2, 0.25) is 0 Å². The second kappa shape index (κ2) is 10.4. The Labute approximate surface area is 214 Å². The maximum Gasteiger partial charge on any atom is 0.300 e. The minimum atomic E-state index is -0.880. The van der Waals surface area contributed by atoms with E-state index in [1.165, 1.54) is 12.0 Å². The number of anilines is 1. The van der Waals surface area contributed by atoms with Gasteiger partial charge in [0.1, 0.15) is 23.9 Å². The number of carbonyl (C=O) groups excluding carboxylic acids is 2. The van der Waals surface area contributed by atoms with Crippen LogP contribution in [-0.2, 0) is 16.2 Å². The molecule has 0 spiro atoms. The number of methoxy groups -OCH3 is 1. The molecule has 0 saturated carbocycles. The summed E-state index contributed by atoms with van der Waals surface area (Å²) in [5.41, 5.74) is 2.39. The van der Waals surface area contributed by atoms with Gasteiger partial charge in [0.25, 0.3) is 11.7 Å². The highest BCUT2D eigenvalue weighted by Crippen LogP contribution is 2.43. The first-order valence-corrected chi connectivity index (χ1v) is 11.7. The fraction of sp³-hybridized carbons (Fsp3) is 0.100. The quantitative estimate of drug-likeness (QED) is 0.214. The Kier molecular flexibility index (Phi) is 6.68. The summed E-state index contributed by atoms with van der Waals surface area (Å²) in [5, 5.41) is 11.3. The molecule has 184 valence electrons. The number of aromatic nitrogens is 1. The van der Waals surface area contributed by atoms with Crippen molar-refractivity contribution >= 4 is 23.1 Å². The van der Waals surface area contributed by atoms with Crippen molar-refractivity contribution in [3.63, 3.8) is 0 Å². The average Bonchev–Trinajstić information content (AvgIpc) is 3.22. The molecule has 1 aliphatic heterocycles. The van der Waals surface area contributed by atoms with Gasteiger partial charge in [0.05, 0.1) is 24.3 Å². The second-order valence-corrected chi connectivity index (χ2v) is 8.42. The largest absolute Gasteiger partial charge is 0.507 e. The van der Waals surface area contributed by atoms with E-state index < -0.39 is 17.7 Å². The van der Waals surface area contributed by atoms with Crippen LogP contribution in [0.1, 0.15) is 22.7 Å². The number of Topliss-reactive ketones (excluding diaryl/α,β-unsaturated/α-hetero) is 1. The standard InChI is InChI=1S/C30H24N2O5/c1-36-25-12-6-5-11-24(25)28(33)26-27(21-10-7-17-31-18-21)32(30(35)29(26)34)22-13-15-23(16-14-22)37-19-20-8-3-2-4-9-20/h2-18,27,33H,19H2,1H3/b28-26-. The molecular weight excluding hydrogens is 468 g/mol. The van der Waals surface area contributed by atoms with Gasteiger partial charge < -0.3 is 14.6 Å². The third-order valence-electron chi connectivity index (χ3n) is 6.17. The molecule has 5 rings (SSSR count). The summed E-state index contributed by atoms with van der Waals surface area (Å²) in [6.07, 6.45) is 3.19. The molecule has 0 bridgehead atoms. The number of hydrogen-bond donors (Lipinski definition) is 1. The number of amides is 1. The highest BCUT2D eigenvalue weighted by Gasteiger charge is 2.47. The molecule has 1 fully saturated rings. The normalized spacial score (nSPS) is 16.6. The predicted molar refractivity (Wildman–Crippen MR) is 139 cm³/mol. The van der Waals surface area contributed by atoms with Crippen LogP contribution in [0.5, 0.6) is 11.5 Å². The Balaban J connectivity index is 1.54. The van der Waals surface area contributed by atoms with E-state index in [2.05, 4.69) is 4.98 Å². The van der Waals surface area contributed by atoms with E-state index in [0.717, 1.165) is 5.56 Å². The molecule has 4 aromatic rings. The van der Waals surface area contributed by atoms with Crippen LogP contribution < -0.4 is 14.4 Å². The number of ketones is 1.